The number of imide groups is 1. The molecule has 148 valence electrons. The Hall–Kier alpha value is -3.39. The van der Waals surface area contributed by atoms with Crippen molar-refractivity contribution in [2.75, 3.05) is 33.1 Å². The first-order valence-electron chi connectivity index (χ1n) is 8.66. The maximum atomic E-state index is 12.6. The van der Waals surface area contributed by atoms with E-state index in [9.17, 15) is 14.4 Å². The molecule has 0 spiro atoms. The number of methoxy groups -OCH3 is 1. The van der Waals surface area contributed by atoms with Crippen LogP contribution in [0.25, 0.3) is 0 Å². The number of anilines is 1. The number of carbonyl (C=O) groups is 3. The fourth-order valence-electron chi connectivity index (χ4n) is 2.68. The summed E-state index contributed by atoms with van der Waals surface area (Å²) in [6.45, 7) is -0.0489. The van der Waals surface area contributed by atoms with Crippen LogP contribution in [0.2, 0.25) is 0 Å². The maximum Gasteiger partial charge on any atom is 0.321 e. The molecule has 8 nitrogen and oxygen atoms in total. The largest absolute Gasteiger partial charge is 0.497 e. The number of nitrogens with one attached hydrogen (secondary N) is 3. The summed E-state index contributed by atoms with van der Waals surface area (Å²) in [6, 6.07) is 14.5. The zero-order valence-corrected chi connectivity index (χ0v) is 16.1. The molecule has 0 aliphatic heterocycles. The van der Waals surface area contributed by atoms with Gasteiger partial charge in [0.25, 0.3) is 0 Å². The van der Waals surface area contributed by atoms with Crippen LogP contribution in [0.5, 0.6) is 5.75 Å². The molecule has 2 aromatic rings. The Morgan fingerprint density at radius 1 is 1.04 bits per heavy atom. The second-order valence-electron chi connectivity index (χ2n) is 6.07. The summed E-state index contributed by atoms with van der Waals surface area (Å²) in [5.41, 5.74) is 1.29. The van der Waals surface area contributed by atoms with Crippen molar-refractivity contribution >= 4 is 23.5 Å². The molecule has 0 saturated heterocycles. The van der Waals surface area contributed by atoms with Crippen LogP contribution in [0.15, 0.2) is 54.6 Å². The van der Waals surface area contributed by atoms with Crippen molar-refractivity contribution in [1.29, 1.82) is 0 Å². The van der Waals surface area contributed by atoms with Gasteiger partial charge in [-0.05, 0) is 36.9 Å². The zero-order chi connectivity index (χ0) is 20.5. The van der Waals surface area contributed by atoms with Gasteiger partial charge in [0.15, 0.2) is 0 Å². The van der Waals surface area contributed by atoms with Crippen LogP contribution in [0.4, 0.5) is 10.5 Å². The predicted octanol–water partition coefficient (Wildman–Crippen LogP) is 1.76. The van der Waals surface area contributed by atoms with Crippen molar-refractivity contribution in [3.8, 4) is 5.75 Å². The molecule has 8 heteroatoms. The molecule has 0 aromatic heterocycles. The molecule has 4 amide bonds. The number of amides is 4. The Labute approximate surface area is 163 Å². The number of hydrogen-bond acceptors (Lipinski definition) is 5. The van der Waals surface area contributed by atoms with Gasteiger partial charge in [-0.15, -0.1) is 0 Å². The summed E-state index contributed by atoms with van der Waals surface area (Å²) in [7, 11) is 4.64. The van der Waals surface area contributed by atoms with Crippen LogP contribution in [0.3, 0.4) is 0 Å². The van der Waals surface area contributed by atoms with Crippen LogP contribution in [-0.2, 0) is 9.59 Å². The number of benzene rings is 2. The first-order chi connectivity index (χ1) is 13.4. The fourth-order valence-corrected chi connectivity index (χ4v) is 2.68. The average Bonchev–Trinajstić information content (AvgIpc) is 2.69. The van der Waals surface area contributed by atoms with Gasteiger partial charge in [-0.2, -0.15) is 0 Å². The third-order valence-corrected chi connectivity index (χ3v) is 4.04. The van der Waals surface area contributed by atoms with Crippen molar-refractivity contribution < 1.29 is 19.1 Å². The number of urea groups is 1. The molecule has 0 unspecified atom stereocenters. The fraction of sp³-hybridized carbons (Fsp3) is 0.250. The van der Waals surface area contributed by atoms with E-state index >= 15 is 0 Å². The molecule has 0 aliphatic rings. The summed E-state index contributed by atoms with van der Waals surface area (Å²) in [4.78, 5) is 38.1. The van der Waals surface area contributed by atoms with Crippen molar-refractivity contribution in [3.05, 3.63) is 60.2 Å². The van der Waals surface area contributed by atoms with Gasteiger partial charge in [0.1, 0.15) is 11.8 Å². The molecule has 0 radical (unpaired) electrons. The molecule has 2 aromatic carbocycles. The van der Waals surface area contributed by atoms with E-state index in [4.69, 9.17) is 4.74 Å². The van der Waals surface area contributed by atoms with E-state index in [0.29, 0.717) is 17.0 Å². The van der Waals surface area contributed by atoms with E-state index in [-0.39, 0.29) is 12.5 Å². The SMILES string of the molecule is CNC(=O)NC(=O)[C@@H](c1ccccc1)N(C)CC(=O)Nc1ccc(OC)cc1. The van der Waals surface area contributed by atoms with E-state index in [1.54, 1.807) is 67.6 Å². The molecule has 28 heavy (non-hydrogen) atoms. The smallest absolute Gasteiger partial charge is 0.321 e. The van der Waals surface area contributed by atoms with Crippen LogP contribution in [-0.4, -0.2) is 50.5 Å². The quantitative estimate of drug-likeness (QED) is 0.676. The highest BCUT2D eigenvalue weighted by Crippen LogP contribution is 2.20. The van der Waals surface area contributed by atoms with E-state index in [1.807, 2.05) is 6.07 Å². The van der Waals surface area contributed by atoms with Gasteiger partial charge in [0, 0.05) is 12.7 Å². The normalized spacial score (nSPS) is 11.4. The number of hydrogen-bond donors (Lipinski definition) is 3. The molecule has 0 bridgehead atoms. The van der Waals surface area contributed by atoms with Gasteiger partial charge in [-0.3, -0.25) is 19.8 Å². The molecule has 3 N–H and O–H groups in total. The van der Waals surface area contributed by atoms with Gasteiger partial charge >= 0.3 is 6.03 Å². The minimum atomic E-state index is -0.805. The van der Waals surface area contributed by atoms with E-state index in [1.165, 1.54) is 7.05 Å². The molecular weight excluding hydrogens is 360 g/mol. The Kier molecular flexibility index (Phi) is 7.53. The van der Waals surface area contributed by atoms with E-state index in [2.05, 4.69) is 16.0 Å². The highest BCUT2D eigenvalue weighted by Gasteiger charge is 2.27. The van der Waals surface area contributed by atoms with Crippen LogP contribution >= 0.6 is 0 Å². The predicted molar refractivity (Wildman–Crippen MR) is 106 cm³/mol. The van der Waals surface area contributed by atoms with Gasteiger partial charge in [-0.1, -0.05) is 30.3 Å². The average molecular weight is 384 g/mol. The first kappa shape index (κ1) is 20.9. The molecule has 2 rings (SSSR count). The first-order valence-corrected chi connectivity index (χ1v) is 8.66. The van der Waals surface area contributed by atoms with Gasteiger partial charge in [-0.25, -0.2) is 4.79 Å². The molecule has 1 atom stereocenters. The second kappa shape index (κ2) is 10.1. The van der Waals surface area contributed by atoms with Crippen LogP contribution in [0, 0.1) is 0 Å². The van der Waals surface area contributed by atoms with Gasteiger partial charge in [0.2, 0.25) is 11.8 Å². The molecular formula is C20H24N4O4. The Morgan fingerprint density at radius 3 is 2.25 bits per heavy atom. The highest BCUT2D eigenvalue weighted by molar-refractivity contribution is 5.98. The third-order valence-electron chi connectivity index (χ3n) is 4.04. The van der Waals surface area contributed by atoms with Crippen LogP contribution < -0.4 is 20.7 Å². The van der Waals surface area contributed by atoms with Crippen molar-refractivity contribution in [1.82, 2.24) is 15.5 Å². The van der Waals surface area contributed by atoms with E-state index < -0.39 is 18.0 Å². The lowest BCUT2D eigenvalue weighted by atomic mass is 10.0. The van der Waals surface area contributed by atoms with Crippen molar-refractivity contribution in [2.45, 2.75) is 6.04 Å². The lowest BCUT2D eigenvalue weighted by molar-refractivity contribution is -0.126. The van der Waals surface area contributed by atoms with Crippen molar-refractivity contribution in [2.24, 2.45) is 0 Å². The lowest BCUT2D eigenvalue weighted by Gasteiger charge is -2.26. The standard InChI is InChI=1S/C20H24N4O4/c1-21-20(27)23-19(26)18(14-7-5-4-6-8-14)24(2)13-17(25)22-15-9-11-16(28-3)12-10-15/h4-12,18H,13H2,1-3H3,(H,22,25)(H2,21,23,26,27)/t18-/m1/s1. The number of likely N-dealkylation sites (N-methyl/N-ethyl adjacent to an activating group) is 1. The van der Waals surface area contributed by atoms with Gasteiger partial charge in [0.05, 0.1) is 13.7 Å². The molecule has 0 aliphatic carbocycles. The molecule has 0 heterocycles. The number of rotatable bonds is 7. The maximum absolute atomic E-state index is 12.6. The van der Waals surface area contributed by atoms with Gasteiger partial charge < -0.3 is 15.4 Å². The van der Waals surface area contributed by atoms with Crippen molar-refractivity contribution in [3.63, 3.8) is 0 Å². The molecule has 0 fully saturated rings. The monoisotopic (exact) mass is 384 g/mol. The third kappa shape index (κ3) is 5.82. The number of nitrogens with zero attached hydrogens (tertiary/aromatic N) is 1. The summed E-state index contributed by atoms with van der Waals surface area (Å²) >= 11 is 0. The Balaban J connectivity index is 2.10. The second-order valence-corrected chi connectivity index (χ2v) is 6.07. The number of ether oxygens (including phenoxy) is 1. The minimum Gasteiger partial charge on any atom is -0.497 e. The topological polar surface area (TPSA) is 99.8 Å². The minimum absolute atomic E-state index is 0.0489. The highest BCUT2D eigenvalue weighted by atomic mass is 16.5. The Morgan fingerprint density at radius 2 is 1.68 bits per heavy atom. The van der Waals surface area contributed by atoms with E-state index in [0.717, 1.165) is 0 Å². The lowest BCUT2D eigenvalue weighted by Crippen LogP contribution is -2.46. The zero-order valence-electron chi connectivity index (χ0n) is 16.1. The number of carbonyl (C=O) groups excluding carboxylic acids is 3. The van der Waals surface area contributed by atoms with Crippen LogP contribution in [0.1, 0.15) is 11.6 Å². The Bertz CT molecular complexity index is 809. The summed E-state index contributed by atoms with van der Waals surface area (Å²) in [6.07, 6.45) is 0. The summed E-state index contributed by atoms with van der Waals surface area (Å²) in [5, 5.41) is 7.39. The molecule has 0 saturated carbocycles. The summed E-state index contributed by atoms with van der Waals surface area (Å²) in [5.74, 6) is -0.128. The summed E-state index contributed by atoms with van der Waals surface area (Å²) < 4.78 is 5.09.